The van der Waals surface area contributed by atoms with Crippen molar-refractivity contribution < 1.29 is 64.6 Å². The van der Waals surface area contributed by atoms with Crippen LogP contribution in [0.25, 0.3) is 0 Å². The number of hydrogen-bond acceptors (Lipinski definition) is 13. The molecule has 2 fully saturated rings. The second kappa shape index (κ2) is 39.0. The van der Waals surface area contributed by atoms with Crippen LogP contribution in [0, 0.1) is 0 Å². The molecule has 2 heterocycles. The van der Waals surface area contributed by atoms with Gasteiger partial charge >= 0.3 is 0 Å². The molecule has 0 aromatic heterocycles. The van der Waals surface area contributed by atoms with Gasteiger partial charge in [0, 0.05) is 6.42 Å². The molecule has 9 N–H and O–H groups in total. The Bertz CT molecular complexity index is 1450. The smallest absolute Gasteiger partial charge is 0.220 e. The molecule has 14 heteroatoms. The van der Waals surface area contributed by atoms with Crippen molar-refractivity contribution >= 4 is 5.91 Å². The Labute approximate surface area is 401 Å². The molecule has 2 rings (SSSR count). The fraction of sp³-hybridized carbons (Fsp3) is 0.717. The van der Waals surface area contributed by atoms with Crippen LogP contribution in [0.3, 0.4) is 0 Å². The number of rotatable bonds is 37. The van der Waals surface area contributed by atoms with E-state index >= 15 is 0 Å². The van der Waals surface area contributed by atoms with Crippen LogP contribution in [-0.2, 0) is 23.7 Å². The van der Waals surface area contributed by atoms with Gasteiger partial charge in [0.1, 0.15) is 48.8 Å². The highest BCUT2D eigenvalue weighted by Gasteiger charge is 2.51. The van der Waals surface area contributed by atoms with E-state index in [9.17, 15) is 45.6 Å². The zero-order valence-corrected chi connectivity index (χ0v) is 40.6. The first-order chi connectivity index (χ1) is 32.6. The maximum atomic E-state index is 13.1. The molecule has 0 bridgehead atoms. The number of nitrogens with one attached hydrogen (secondary N) is 1. The number of aliphatic hydroxyl groups excluding tert-OH is 8. The lowest BCUT2D eigenvalue weighted by molar-refractivity contribution is -0.359. The molecule has 12 atom stereocenters. The highest BCUT2D eigenvalue weighted by atomic mass is 16.7. The average Bonchev–Trinajstić information content (AvgIpc) is 3.32. The minimum absolute atomic E-state index is 0.258. The van der Waals surface area contributed by atoms with Crippen molar-refractivity contribution in [1.29, 1.82) is 0 Å². The number of carbonyl (C=O) groups is 1. The lowest BCUT2D eigenvalue weighted by atomic mass is 9.97. The van der Waals surface area contributed by atoms with Gasteiger partial charge in [-0.2, -0.15) is 0 Å². The van der Waals surface area contributed by atoms with Gasteiger partial charge in [-0.05, 0) is 70.6 Å². The third-order valence-electron chi connectivity index (χ3n) is 11.8. The zero-order valence-electron chi connectivity index (χ0n) is 40.6. The summed E-state index contributed by atoms with van der Waals surface area (Å²) >= 11 is 0. The molecular formula is C53H89NO13. The van der Waals surface area contributed by atoms with E-state index in [1.807, 2.05) is 6.08 Å². The highest BCUT2D eigenvalue weighted by Crippen LogP contribution is 2.30. The molecule has 0 radical (unpaired) electrons. The van der Waals surface area contributed by atoms with Crippen LogP contribution in [-0.4, -0.2) is 140 Å². The van der Waals surface area contributed by atoms with E-state index in [-0.39, 0.29) is 18.9 Å². The Morgan fingerprint density at radius 1 is 0.552 bits per heavy atom. The molecule has 0 aromatic rings. The Morgan fingerprint density at radius 2 is 1.03 bits per heavy atom. The van der Waals surface area contributed by atoms with Gasteiger partial charge in [0.05, 0.1) is 32.0 Å². The van der Waals surface area contributed by atoms with Crippen molar-refractivity contribution in [2.45, 2.75) is 222 Å². The molecule has 1 amide bonds. The second-order valence-corrected chi connectivity index (χ2v) is 17.6. The lowest BCUT2D eigenvalue weighted by Crippen LogP contribution is -2.65. The Balaban J connectivity index is 1.76. The summed E-state index contributed by atoms with van der Waals surface area (Å²) in [4.78, 5) is 13.1. The number of carbonyl (C=O) groups excluding carboxylic acids is 1. The molecule has 0 aliphatic carbocycles. The third kappa shape index (κ3) is 26.1. The van der Waals surface area contributed by atoms with E-state index in [1.54, 1.807) is 6.08 Å². The molecule has 384 valence electrons. The highest BCUT2D eigenvalue weighted by molar-refractivity contribution is 5.76. The summed E-state index contributed by atoms with van der Waals surface area (Å²) in [5.74, 6) is -0.263. The molecule has 12 unspecified atom stereocenters. The van der Waals surface area contributed by atoms with Crippen LogP contribution in [0.15, 0.2) is 85.1 Å². The first-order valence-electron chi connectivity index (χ1n) is 25.3. The fourth-order valence-electron chi connectivity index (χ4n) is 7.70. The molecule has 2 aliphatic heterocycles. The van der Waals surface area contributed by atoms with Gasteiger partial charge in [-0.25, -0.2) is 0 Å². The number of unbranched alkanes of at least 4 members (excludes halogenated alkanes) is 12. The standard InChI is InChI=1S/C53H89NO13/c1-3-5-7-9-11-13-14-15-16-17-18-19-20-21-22-23-24-25-26-27-28-29-31-33-35-37-45(58)54-41(42(57)36-34-32-30-12-10-8-6-4-2)40-64-52-50(63)48(61)51(44(39-56)66-52)67-53-49(62)47(60)46(59)43(38-55)65-53/h5,7,11,13,15-16,18-19,21-22,24-25,34,36,41-44,46-53,55-57,59-63H,3-4,6,8-10,12,14,17,20,23,26-33,35,37-40H2,1-2H3,(H,54,58)/b7-5-,13-11-,16-15-,19-18-,22-21-,25-24-,36-34+. The molecule has 0 spiro atoms. The van der Waals surface area contributed by atoms with Crippen molar-refractivity contribution in [2.24, 2.45) is 0 Å². The molecule has 0 aromatic carbocycles. The quantitative estimate of drug-likeness (QED) is 0.0237. The summed E-state index contributed by atoms with van der Waals surface area (Å²) in [6.45, 7) is 2.58. The van der Waals surface area contributed by atoms with Crippen molar-refractivity contribution in [2.75, 3.05) is 19.8 Å². The normalized spacial score (nSPS) is 27.3. The van der Waals surface area contributed by atoms with Crippen LogP contribution in [0.4, 0.5) is 0 Å². The average molecular weight is 948 g/mol. The number of allylic oxidation sites excluding steroid dienone is 13. The molecule has 2 saturated heterocycles. The minimum atomic E-state index is -1.79. The van der Waals surface area contributed by atoms with Crippen molar-refractivity contribution in [1.82, 2.24) is 5.32 Å². The number of hydrogen-bond donors (Lipinski definition) is 9. The van der Waals surface area contributed by atoms with Gasteiger partial charge in [-0.3, -0.25) is 4.79 Å². The van der Waals surface area contributed by atoms with E-state index in [4.69, 9.17) is 18.9 Å². The minimum Gasteiger partial charge on any atom is -0.394 e. The van der Waals surface area contributed by atoms with Crippen LogP contribution < -0.4 is 5.32 Å². The fourth-order valence-corrected chi connectivity index (χ4v) is 7.70. The number of ether oxygens (including phenoxy) is 4. The van der Waals surface area contributed by atoms with Crippen molar-refractivity contribution in [3.63, 3.8) is 0 Å². The molecule has 0 saturated carbocycles. The predicted molar refractivity (Wildman–Crippen MR) is 263 cm³/mol. The Morgan fingerprint density at radius 3 is 1.58 bits per heavy atom. The largest absolute Gasteiger partial charge is 0.394 e. The topological polar surface area (TPSA) is 228 Å². The molecule has 2 aliphatic rings. The van der Waals surface area contributed by atoms with Gasteiger partial charge in [0.2, 0.25) is 5.91 Å². The van der Waals surface area contributed by atoms with Gasteiger partial charge in [0.25, 0.3) is 0 Å². The van der Waals surface area contributed by atoms with Crippen LogP contribution in [0.2, 0.25) is 0 Å². The maximum Gasteiger partial charge on any atom is 0.220 e. The van der Waals surface area contributed by atoms with Crippen molar-refractivity contribution in [3.05, 3.63) is 85.1 Å². The summed E-state index contributed by atoms with van der Waals surface area (Å²) in [7, 11) is 0. The number of aliphatic hydroxyl groups is 8. The Kier molecular flexibility index (Phi) is 35.1. The predicted octanol–water partition coefficient (Wildman–Crippen LogP) is 6.60. The molecule has 14 nitrogen and oxygen atoms in total. The van der Waals surface area contributed by atoms with E-state index in [0.717, 1.165) is 103 Å². The monoisotopic (exact) mass is 948 g/mol. The van der Waals surface area contributed by atoms with Crippen LogP contribution >= 0.6 is 0 Å². The second-order valence-electron chi connectivity index (χ2n) is 17.6. The zero-order chi connectivity index (χ0) is 48.9. The van der Waals surface area contributed by atoms with Gasteiger partial charge in [0.15, 0.2) is 12.6 Å². The summed E-state index contributed by atoms with van der Waals surface area (Å²) in [6.07, 6.45) is 33.6. The first-order valence-corrected chi connectivity index (χ1v) is 25.3. The first kappa shape index (κ1) is 60.3. The number of amides is 1. The van der Waals surface area contributed by atoms with Gasteiger partial charge < -0.3 is 65.1 Å². The molecule has 67 heavy (non-hydrogen) atoms. The summed E-state index contributed by atoms with van der Waals surface area (Å²) in [5.41, 5.74) is 0. The molecular weight excluding hydrogens is 859 g/mol. The Hall–Kier alpha value is -2.83. The van der Waals surface area contributed by atoms with E-state index in [0.29, 0.717) is 6.42 Å². The lowest BCUT2D eigenvalue weighted by Gasteiger charge is -2.46. The van der Waals surface area contributed by atoms with E-state index < -0.39 is 86.8 Å². The summed E-state index contributed by atoms with van der Waals surface area (Å²) < 4.78 is 22.6. The van der Waals surface area contributed by atoms with Gasteiger partial charge in [-0.15, -0.1) is 0 Å². The van der Waals surface area contributed by atoms with E-state index in [2.05, 4.69) is 92.1 Å². The van der Waals surface area contributed by atoms with E-state index in [1.165, 1.54) is 19.3 Å². The summed E-state index contributed by atoms with van der Waals surface area (Å²) in [5, 5.41) is 86.5. The van der Waals surface area contributed by atoms with Gasteiger partial charge in [-0.1, -0.05) is 157 Å². The maximum absolute atomic E-state index is 13.1. The summed E-state index contributed by atoms with van der Waals surface area (Å²) in [6, 6.07) is -0.925. The van der Waals surface area contributed by atoms with Crippen LogP contribution in [0.5, 0.6) is 0 Å². The van der Waals surface area contributed by atoms with Crippen LogP contribution in [0.1, 0.15) is 149 Å². The SMILES string of the molecule is CC/C=C\C/C=C\C/C=C\C/C=C\C/C=C\C/C=C\CCCCCCCCC(=O)NC(COC1OC(CO)C(OC2OC(CO)C(O)C(O)C2O)C(O)C1O)C(O)/C=C/CCCCCCCC. The third-order valence-corrected chi connectivity index (χ3v) is 11.8. The van der Waals surface area contributed by atoms with Crippen molar-refractivity contribution in [3.8, 4) is 0 Å².